The molecule has 0 aliphatic heterocycles. The van der Waals surface area contributed by atoms with Crippen LogP contribution >= 0.6 is 0 Å². The average molecular weight is 346 g/mol. The highest BCUT2D eigenvalue weighted by Crippen LogP contribution is 2.12. The summed E-state index contributed by atoms with van der Waals surface area (Å²) in [5, 5.41) is 5.62. The molecule has 0 bridgehead atoms. The molecule has 0 saturated carbocycles. The van der Waals surface area contributed by atoms with Gasteiger partial charge in [0, 0.05) is 12.1 Å². The first kappa shape index (κ1) is 20.7. The van der Waals surface area contributed by atoms with E-state index >= 15 is 0 Å². The van der Waals surface area contributed by atoms with E-state index in [4.69, 9.17) is 4.74 Å². The van der Waals surface area contributed by atoms with E-state index in [-0.39, 0.29) is 17.9 Å². The Morgan fingerprint density at radius 3 is 2.24 bits per heavy atom. The topological polar surface area (TPSA) is 67.4 Å². The molecule has 25 heavy (non-hydrogen) atoms. The van der Waals surface area contributed by atoms with Gasteiger partial charge in [-0.2, -0.15) is 0 Å². The lowest BCUT2D eigenvalue weighted by Crippen LogP contribution is -2.47. The number of ether oxygens (including phenoxy) is 1. The SMILES string of the molecule is COc1ccc(/C=C/C(=O)NC(C)C(=O)NC(C)CCC(C)C)cc1. The summed E-state index contributed by atoms with van der Waals surface area (Å²) in [4.78, 5) is 24.1. The molecule has 0 aliphatic carbocycles. The zero-order valence-electron chi connectivity index (χ0n) is 15.8. The van der Waals surface area contributed by atoms with Crippen molar-refractivity contribution in [1.29, 1.82) is 0 Å². The van der Waals surface area contributed by atoms with Gasteiger partial charge >= 0.3 is 0 Å². The molecule has 1 aromatic carbocycles. The minimum absolute atomic E-state index is 0.101. The molecule has 0 aromatic heterocycles. The Bertz CT molecular complexity index is 579. The lowest BCUT2D eigenvalue weighted by atomic mass is 10.0. The van der Waals surface area contributed by atoms with Crippen molar-refractivity contribution >= 4 is 17.9 Å². The fourth-order valence-corrected chi connectivity index (χ4v) is 2.24. The average Bonchev–Trinajstić information content (AvgIpc) is 2.58. The first-order valence-corrected chi connectivity index (χ1v) is 8.74. The van der Waals surface area contributed by atoms with Crippen LogP contribution in [0.15, 0.2) is 30.3 Å². The molecule has 0 aliphatic rings. The molecule has 0 fully saturated rings. The van der Waals surface area contributed by atoms with Gasteiger partial charge in [-0.05, 0) is 56.4 Å². The van der Waals surface area contributed by atoms with E-state index in [1.807, 2.05) is 31.2 Å². The molecular weight excluding hydrogens is 316 g/mol. The van der Waals surface area contributed by atoms with Gasteiger partial charge in [0.05, 0.1) is 7.11 Å². The van der Waals surface area contributed by atoms with Gasteiger partial charge in [0.2, 0.25) is 11.8 Å². The third-order valence-corrected chi connectivity index (χ3v) is 3.86. The number of hydrogen-bond donors (Lipinski definition) is 2. The van der Waals surface area contributed by atoms with Crippen LogP contribution in [-0.4, -0.2) is 31.0 Å². The summed E-state index contributed by atoms with van der Waals surface area (Å²) in [5.41, 5.74) is 0.885. The first-order chi connectivity index (χ1) is 11.8. The molecule has 0 spiro atoms. The van der Waals surface area contributed by atoms with Crippen molar-refractivity contribution in [3.63, 3.8) is 0 Å². The van der Waals surface area contributed by atoms with Crippen LogP contribution in [0.1, 0.15) is 46.1 Å². The Labute approximate surface area is 150 Å². The maximum atomic E-state index is 12.1. The molecule has 5 nitrogen and oxygen atoms in total. The summed E-state index contributed by atoms with van der Waals surface area (Å²) >= 11 is 0. The van der Waals surface area contributed by atoms with Crippen LogP contribution in [0.3, 0.4) is 0 Å². The fraction of sp³-hybridized carbons (Fsp3) is 0.500. The first-order valence-electron chi connectivity index (χ1n) is 8.74. The maximum Gasteiger partial charge on any atom is 0.244 e. The van der Waals surface area contributed by atoms with Gasteiger partial charge in [0.1, 0.15) is 11.8 Å². The summed E-state index contributed by atoms with van der Waals surface area (Å²) in [5.74, 6) is 0.911. The molecule has 0 heterocycles. The number of benzene rings is 1. The normalized spacial score (nSPS) is 13.5. The highest BCUT2D eigenvalue weighted by molar-refractivity contribution is 5.95. The number of carbonyl (C=O) groups is 2. The Morgan fingerprint density at radius 1 is 1.04 bits per heavy atom. The lowest BCUT2D eigenvalue weighted by molar-refractivity contribution is -0.127. The van der Waals surface area contributed by atoms with Crippen molar-refractivity contribution in [2.24, 2.45) is 5.92 Å². The molecule has 5 heteroatoms. The molecule has 0 saturated heterocycles. The monoisotopic (exact) mass is 346 g/mol. The second kappa shape index (κ2) is 10.5. The molecule has 1 rings (SSSR count). The van der Waals surface area contributed by atoms with Crippen molar-refractivity contribution in [3.8, 4) is 5.75 Å². The summed E-state index contributed by atoms with van der Waals surface area (Å²) < 4.78 is 5.09. The molecule has 2 N–H and O–H groups in total. The Balaban J connectivity index is 2.43. The van der Waals surface area contributed by atoms with Crippen LogP contribution < -0.4 is 15.4 Å². The second-order valence-electron chi connectivity index (χ2n) is 6.72. The molecule has 0 radical (unpaired) electrons. The fourth-order valence-electron chi connectivity index (χ4n) is 2.24. The molecule has 2 amide bonds. The van der Waals surface area contributed by atoms with Crippen molar-refractivity contribution in [3.05, 3.63) is 35.9 Å². The summed E-state index contributed by atoms with van der Waals surface area (Å²) in [7, 11) is 1.61. The predicted molar refractivity (Wildman–Crippen MR) is 101 cm³/mol. The highest BCUT2D eigenvalue weighted by atomic mass is 16.5. The standard InChI is InChI=1S/C20H30N2O3/c1-14(2)6-7-15(3)21-20(24)16(4)22-19(23)13-10-17-8-11-18(25-5)12-9-17/h8-16H,6-7H2,1-5H3,(H,21,24)(H,22,23)/b13-10+. The van der Waals surface area contributed by atoms with Crippen LogP contribution in [0.25, 0.3) is 6.08 Å². The van der Waals surface area contributed by atoms with Crippen LogP contribution in [0.4, 0.5) is 0 Å². The van der Waals surface area contributed by atoms with Gasteiger partial charge in [-0.25, -0.2) is 0 Å². The van der Waals surface area contributed by atoms with E-state index < -0.39 is 6.04 Å². The minimum atomic E-state index is -0.575. The number of rotatable bonds is 9. The minimum Gasteiger partial charge on any atom is -0.497 e. The van der Waals surface area contributed by atoms with Crippen LogP contribution in [0.5, 0.6) is 5.75 Å². The van der Waals surface area contributed by atoms with E-state index in [2.05, 4.69) is 24.5 Å². The number of amides is 2. The number of nitrogens with one attached hydrogen (secondary N) is 2. The zero-order valence-corrected chi connectivity index (χ0v) is 15.8. The molecule has 2 unspecified atom stereocenters. The van der Waals surface area contributed by atoms with E-state index in [9.17, 15) is 9.59 Å². The van der Waals surface area contributed by atoms with Gasteiger partial charge in [-0.15, -0.1) is 0 Å². The maximum absolute atomic E-state index is 12.1. The van der Waals surface area contributed by atoms with Gasteiger partial charge in [0.15, 0.2) is 0 Å². The number of hydrogen-bond acceptors (Lipinski definition) is 3. The molecular formula is C20H30N2O3. The van der Waals surface area contributed by atoms with E-state index in [1.54, 1.807) is 20.1 Å². The van der Waals surface area contributed by atoms with Gasteiger partial charge < -0.3 is 15.4 Å². The predicted octanol–water partition coefficient (Wildman–Crippen LogP) is 3.15. The number of methoxy groups -OCH3 is 1. The summed E-state index contributed by atoms with van der Waals surface area (Å²) in [6.45, 7) is 7.99. The third-order valence-electron chi connectivity index (χ3n) is 3.86. The second-order valence-corrected chi connectivity index (χ2v) is 6.72. The van der Waals surface area contributed by atoms with Gasteiger partial charge in [0.25, 0.3) is 0 Å². The molecule has 138 valence electrons. The lowest BCUT2D eigenvalue weighted by Gasteiger charge is -2.18. The third kappa shape index (κ3) is 8.38. The van der Waals surface area contributed by atoms with Crippen LogP contribution in [-0.2, 0) is 9.59 Å². The van der Waals surface area contributed by atoms with E-state index in [0.717, 1.165) is 24.2 Å². The highest BCUT2D eigenvalue weighted by Gasteiger charge is 2.16. The van der Waals surface area contributed by atoms with Crippen molar-refractivity contribution in [1.82, 2.24) is 10.6 Å². The Kier molecular flexibility index (Phi) is 8.75. The molecule has 2 atom stereocenters. The van der Waals surface area contributed by atoms with Gasteiger partial charge in [-0.3, -0.25) is 9.59 Å². The summed E-state index contributed by atoms with van der Waals surface area (Å²) in [6.07, 6.45) is 5.12. The Hall–Kier alpha value is -2.30. The smallest absolute Gasteiger partial charge is 0.244 e. The number of carbonyl (C=O) groups excluding carboxylic acids is 2. The Morgan fingerprint density at radius 2 is 1.68 bits per heavy atom. The van der Waals surface area contributed by atoms with Crippen LogP contribution in [0.2, 0.25) is 0 Å². The summed E-state index contributed by atoms with van der Waals surface area (Å²) in [6, 6.07) is 6.89. The quantitative estimate of drug-likeness (QED) is 0.675. The van der Waals surface area contributed by atoms with Gasteiger partial charge in [-0.1, -0.05) is 26.0 Å². The van der Waals surface area contributed by atoms with Crippen molar-refractivity contribution in [2.45, 2.75) is 52.6 Å². The zero-order chi connectivity index (χ0) is 18.8. The van der Waals surface area contributed by atoms with Crippen molar-refractivity contribution < 1.29 is 14.3 Å². The van der Waals surface area contributed by atoms with Crippen LogP contribution in [0, 0.1) is 5.92 Å². The largest absolute Gasteiger partial charge is 0.497 e. The molecule has 1 aromatic rings. The van der Waals surface area contributed by atoms with Crippen molar-refractivity contribution in [2.75, 3.05) is 7.11 Å². The van der Waals surface area contributed by atoms with E-state index in [1.165, 1.54) is 6.08 Å². The van der Waals surface area contributed by atoms with E-state index in [0.29, 0.717) is 5.92 Å².